The summed E-state index contributed by atoms with van der Waals surface area (Å²) in [5.74, 6) is -9.32. The minimum absolute atomic E-state index is 0.0148. The third kappa shape index (κ3) is 19.4. The lowest BCUT2D eigenvalue weighted by molar-refractivity contribution is -0.160. The molecule has 2 saturated carbocycles. The maximum absolute atomic E-state index is 15.4. The van der Waals surface area contributed by atoms with E-state index in [1.54, 1.807) is 27.7 Å². The lowest BCUT2D eigenvalue weighted by atomic mass is 9.74. The summed E-state index contributed by atoms with van der Waals surface area (Å²) in [5.41, 5.74) is -3.52. The molecule has 0 bridgehead atoms. The number of aliphatic imine (C=N–C) groups is 1. The fraction of sp³-hybridized carbons (Fsp3) is 0.671. The highest BCUT2D eigenvalue weighted by molar-refractivity contribution is 6.41. The minimum atomic E-state index is -4.82. The molecular formula is C73H102ClF6N11O12. The Labute approximate surface area is 604 Å². The number of likely N-dealkylation sites (N-methyl/N-ethyl adjacent to an activating group) is 6. The first-order valence-corrected chi connectivity index (χ1v) is 36.3. The first-order chi connectivity index (χ1) is 48.3. The van der Waals surface area contributed by atoms with E-state index in [1.807, 2.05) is 13.8 Å². The number of carbonyl (C=O) groups excluding carboxylic acids is 11. The Morgan fingerprint density at radius 3 is 1.88 bits per heavy atom. The van der Waals surface area contributed by atoms with Gasteiger partial charge in [0.15, 0.2) is 0 Å². The van der Waals surface area contributed by atoms with Crippen LogP contribution in [-0.2, 0) is 82.7 Å². The van der Waals surface area contributed by atoms with Gasteiger partial charge in [-0.3, -0.25) is 52.7 Å². The fourth-order valence-corrected chi connectivity index (χ4v) is 14.8. The first-order valence-electron chi connectivity index (χ1n) is 35.9. The molecule has 0 radical (unpaired) electrons. The second-order valence-electron chi connectivity index (χ2n) is 28.9. The molecule has 1 spiro atoms. The zero-order chi connectivity index (χ0) is 76.5. The van der Waals surface area contributed by atoms with Crippen molar-refractivity contribution in [2.75, 3.05) is 68.0 Å². The monoisotopic (exact) mass is 1470 g/mol. The Morgan fingerprint density at radius 2 is 1.34 bits per heavy atom. The molecule has 2 saturated heterocycles. The van der Waals surface area contributed by atoms with E-state index in [2.05, 4.69) is 15.6 Å². The molecule has 5 aliphatic rings. The molecule has 2 N–H and O–H groups in total. The highest BCUT2D eigenvalue weighted by Crippen LogP contribution is 2.40. The lowest BCUT2D eigenvalue weighted by Gasteiger charge is -2.47. The molecule has 570 valence electrons. The number of nitrogens with zero attached hydrogens (tertiary/aromatic N) is 9. The minimum Gasteiger partial charge on any atom is -0.377 e. The number of amides is 11. The molecule has 3 aliphatic heterocycles. The van der Waals surface area contributed by atoms with Crippen molar-refractivity contribution in [1.29, 1.82) is 0 Å². The zero-order valence-electron chi connectivity index (χ0n) is 61.4. The molecule has 4 fully saturated rings. The van der Waals surface area contributed by atoms with Crippen LogP contribution < -0.4 is 10.6 Å². The molecule has 0 unspecified atom stereocenters. The van der Waals surface area contributed by atoms with E-state index in [9.17, 15) is 50.3 Å². The van der Waals surface area contributed by atoms with E-state index < -0.39 is 172 Å². The molecule has 23 nitrogen and oxygen atoms in total. The lowest BCUT2D eigenvalue weighted by Crippen LogP contribution is -2.68. The Bertz CT molecular complexity index is 3480. The predicted molar refractivity (Wildman–Crippen MR) is 371 cm³/mol. The van der Waals surface area contributed by atoms with E-state index in [0.29, 0.717) is 25.7 Å². The number of hydrogen-bond donors (Lipinski definition) is 2. The number of aryl methyl sites for hydroxylation is 1. The molecule has 0 aromatic heterocycles. The van der Waals surface area contributed by atoms with Gasteiger partial charge < -0.3 is 54.6 Å². The fourth-order valence-electron chi connectivity index (χ4n) is 14.5. The van der Waals surface area contributed by atoms with Gasteiger partial charge in [-0.1, -0.05) is 76.8 Å². The summed E-state index contributed by atoms with van der Waals surface area (Å²) in [5, 5.41) is 5.02. The topological polar surface area (TPSA) is 259 Å². The number of fused-ring (bicyclic) bond motifs is 2. The molecule has 2 aliphatic carbocycles. The van der Waals surface area contributed by atoms with Gasteiger partial charge in [0.05, 0.1) is 28.8 Å². The number of carbonyl (C=O) groups is 11. The van der Waals surface area contributed by atoms with Crippen LogP contribution in [0.5, 0.6) is 0 Å². The average Bonchev–Trinajstić information content (AvgIpc) is 1.61. The van der Waals surface area contributed by atoms with Gasteiger partial charge in [-0.25, -0.2) is 4.99 Å². The van der Waals surface area contributed by atoms with Crippen LogP contribution in [0.25, 0.3) is 0 Å². The van der Waals surface area contributed by atoms with Crippen LogP contribution in [0.15, 0.2) is 47.5 Å². The van der Waals surface area contributed by atoms with Crippen LogP contribution in [0.4, 0.5) is 26.3 Å². The van der Waals surface area contributed by atoms with Crippen LogP contribution in [0.1, 0.15) is 168 Å². The average molecular weight is 1480 g/mol. The van der Waals surface area contributed by atoms with Crippen LogP contribution in [0, 0.1) is 17.8 Å². The number of halogens is 7. The standard InChI is InChI=1S/C73H102ClF6N11O12/c1-14-43(6)60-68(100)86(11)45(8)64(96)90-34-31-54(90)67(99)89(15-2)57(38-47-23-27-49(28-24-47)72(75,76)77)66(98)84(9)41-58(92)81-53(30-26-46-25-29-51(52(74)37-46)73(78,79)80)65(97)91-40-50(103-16-3)39-56(91)63(95)83-71(32-20-33-71)70(102)88(13)61(48-21-18-17-19-22-48)69(101)85(10)44(7)36-59(93)87(12)55(35-42(4)5)62(94)82-60/h23-25,27-29,37,42-45,48,50,53-57,61H,14-22,26,30-36,38-41H2,1-13H3,(H,81,92)(H,83,95)/t43-,44+,45-,50+,53-,54-,55-,56-,57-,61-/m0/s1. The molecular weight excluding hydrogens is 1370 g/mol. The molecule has 10 atom stereocenters. The first kappa shape index (κ1) is 82.6. The summed E-state index contributed by atoms with van der Waals surface area (Å²) >= 11 is 6.16. The van der Waals surface area contributed by atoms with Gasteiger partial charge >= 0.3 is 12.4 Å². The normalized spacial score (nSPS) is 26.5. The smallest absolute Gasteiger partial charge is 0.377 e. The van der Waals surface area contributed by atoms with E-state index in [-0.39, 0.29) is 106 Å². The van der Waals surface area contributed by atoms with Crippen LogP contribution in [0.3, 0.4) is 0 Å². The molecule has 103 heavy (non-hydrogen) atoms. The summed E-state index contributed by atoms with van der Waals surface area (Å²) < 4.78 is 89.5. The van der Waals surface area contributed by atoms with Crippen molar-refractivity contribution in [2.45, 2.75) is 230 Å². The SMILES string of the molecule is CCO[C@@H]1C[C@H]2C(=O)NC3(CCC3)C(=O)N(C)[C@@H](C3CCCCC3)C(=O)N(C)[C@H](C)CC(=O)N(C)[C@@H](CC(C)C)C(=O)N=C([C@@H](C)CC)C(=O)N(C)[C@@H](C)C(=O)N3CC[C@H]3C(=O)N(CC)[C@@H](Cc3ccc(C(F)(F)F)cc3)C(=O)N(C)CC(=O)N[C@@H](CCc3ccc(C(F)(F)F)c(Cl)c3)C(=O)N2C1. The van der Waals surface area contributed by atoms with Gasteiger partial charge in [-0.2, -0.15) is 26.3 Å². The van der Waals surface area contributed by atoms with Gasteiger partial charge in [0.25, 0.3) is 11.8 Å². The second-order valence-corrected chi connectivity index (χ2v) is 29.3. The molecule has 7 rings (SSSR count). The van der Waals surface area contributed by atoms with Crippen molar-refractivity contribution in [3.05, 3.63) is 69.7 Å². The summed E-state index contributed by atoms with van der Waals surface area (Å²) in [4.78, 5) is 179. The largest absolute Gasteiger partial charge is 0.417 e. The summed E-state index contributed by atoms with van der Waals surface area (Å²) in [6.07, 6.45) is -6.74. The van der Waals surface area contributed by atoms with Gasteiger partial charge in [0, 0.05) is 92.7 Å². The van der Waals surface area contributed by atoms with Gasteiger partial charge in [0.1, 0.15) is 53.5 Å². The highest BCUT2D eigenvalue weighted by Gasteiger charge is 2.54. The van der Waals surface area contributed by atoms with E-state index >= 15 is 28.8 Å². The number of hydrogen-bond acceptors (Lipinski definition) is 12. The zero-order valence-corrected chi connectivity index (χ0v) is 62.1. The Morgan fingerprint density at radius 1 is 0.699 bits per heavy atom. The highest BCUT2D eigenvalue weighted by atomic mass is 35.5. The number of ether oxygens (including phenoxy) is 1. The van der Waals surface area contributed by atoms with Crippen molar-refractivity contribution in [2.24, 2.45) is 22.7 Å². The molecule has 3 heterocycles. The van der Waals surface area contributed by atoms with E-state index in [4.69, 9.17) is 16.3 Å². The van der Waals surface area contributed by atoms with Crippen LogP contribution in [0.2, 0.25) is 5.02 Å². The maximum atomic E-state index is 15.4. The number of benzene rings is 2. The van der Waals surface area contributed by atoms with Crippen LogP contribution in [-0.4, -0.2) is 238 Å². The van der Waals surface area contributed by atoms with Crippen molar-refractivity contribution >= 4 is 82.3 Å². The third-order valence-corrected chi connectivity index (χ3v) is 21.8. The van der Waals surface area contributed by atoms with Gasteiger partial charge in [-0.05, 0) is 139 Å². The summed E-state index contributed by atoms with van der Waals surface area (Å²) in [6, 6.07) is -3.26. The van der Waals surface area contributed by atoms with Crippen LogP contribution >= 0.6 is 11.6 Å². The van der Waals surface area contributed by atoms with Crippen molar-refractivity contribution in [3.8, 4) is 0 Å². The molecule has 30 heteroatoms. The van der Waals surface area contributed by atoms with Crippen molar-refractivity contribution in [1.82, 2.24) is 49.8 Å². The Kier molecular flexibility index (Phi) is 28.0. The predicted octanol–water partition coefficient (Wildman–Crippen LogP) is 7.75. The molecule has 2 aromatic rings. The van der Waals surface area contributed by atoms with Crippen molar-refractivity contribution in [3.63, 3.8) is 0 Å². The Balaban J connectivity index is 1.32. The Hall–Kier alpha value is -7.69. The number of alkyl halides is 6. The summed E-state index contributed by atoms with van der Waals surface area (Å²) in [7, 11) is 7.04. The van der Waals surface area contributed by atoms with Gasteiger partial charge in [-0.15, -0.1) is 0 Å². The van der Waals surface area contributed by atoms with Gasteiger partial charge in [0.2, 0.25) is 53.2 Å². The molecule has 2 aromatic carbocycles. The van der Waals surface area contributed by atoms with E-state index in [0.717, 1.165) is 76.4 Å². The number of rotatable bonds is 13. The maximum Gasteiger partial charge on any atom is 0.417 e. The molecule has 11 amide bonds. The number of nitrogens with one attached hydrogen (secondary N) is 2. The third-order valence-electron chi connectivity index (χ3n) is 21.5. The summed E-state index contributed by atoms with van der Waals surface area (Å²) in [6.45, 7) is 12.4. The van der Waals surface area contributed by atoms with E-state index in [1.165, 1.54) is 73.6 Å². The quantitative estimate of drug-likeness (QED) is 0.183. The second kappa shape index (κ2) is 34.9. The van der Waals surface area contributed by atoms with Crippen molar-refractivity contribution < 1.29 is 83.8 Å².